The summed E-state index contributed by atoms with van der Waals surface area (Å²) in [5, 5.41) is 40.3. The van der Waals surface area contributed by atoms with Crippen molar-refractivity contribution in [2.75, 3.05) is 45.2 Å². The van der Waals surface area contributed by atoms with E-state index in [2.05, 4.69) is 42.0 Å². The van der Waals surface area contributed by atoms with Gasteiger partial charge in [-0.1, -0.05) is 74.5 Å². The van der Waals surface area contributed by atoms with Gasteiger partial charge in [0.25, 0.3) is 5.91 Å². The number of nitrogen functional groups attached to an aromatic ring is 1. The number of benzene rings is 3. The number of aliphatic hydroxyl groups excluding tert-OH is 1. The molecule has 3 aromatic carbocycles. The number of piperidine rings is 1. The molecule has 0 radical (unpaired) electrons. The number of thiazole rings is 1. The summed E-state index contributed by atoms with van der Waals surface area (Å²) in [7, 11) is 0. The van der Waals surface area contributed by atoms with Gasteiger partial charge in [0.15, 0.2) is 5.65 Å². The number of aliphatic hydroxyl groups is 1. The fourth-order valence-electron chi connectivity index (χ4n) is 9.77. The van der Waals surface area contributed by atoms with Crippen molar-refractivity contribution in [3.05, 3.63) is 125 Å². The highest BCUT2D eigenvalue weighted by Crippen LogP contribution is 2.36. The SMILES string of the molecule is Cc1ncsc1-c1ccc(CNC(=O)C2CC(O)CN2C(=O)C(NC(=O)OCCOCCn2cc(CCC=C(C#N)C(=O)N3CCCC(n4nc(-c5ccc(Oc6ccccc6)cc5)c5c(N)ncnc54)C3)nn2)C(C)(C)C)cc1. The van der Waals surface area contributed by atoms with Crippen LogP contribution in [0.2, 0.25) is 0 Å². The molecule has 4 unspecified atom stereocenters. The van der Waals surface area contributed by atoms with Gasteiger partial charge >= 0.3 is 6.09 Å². The number of alkyl carbamates (subject to hydrolysis) is 1. The van der Waals surface area contributed by atoms with Crippen molar-refractivity contribution in [2.45, 2.75) is 97.1 Å². The Morgan fingerprint density at radius 1 is 0.963 bits per heavy atom. The smallest absolute Gasteiger partial charge is 0.407 e. The second-order valence-electron chi connectivity index (χ2n) is 20.7. The summed E-state index contributed by atoms with van der Waals surface area (Å²) < 4.78 is 20.5. The lowest BCUT2D eigenvalue weighted by molar-refractivity contribution is -0.142. The van der Waals surface area contributed by atoms with Crippen LogP contribution in [0.25, 0.3) is 32.7 Å². The van der Waals surface area contributed by atoms with Crippen molar-refractivity contribution in [3.63, 3.8) is 0 Å². The van der Waals surface area contributed by atoms with Crippen molar-refractivity contribution in [2.24, 2.45) is 5.41 Å². The van der Waals surface area contributed by atoms with E-state index in [-0.39, 0.29) is 56.9 Å². The number of aryl methyl sites for hydroxylation is 2. The van der Waals surface area contributed by atoms with Crippen LogP contribution < -0.4 is 21.1 Å². The number of nitrogens with two attached hydrogens (primary N) is 1. The average Bonchev–Trinajstić information content (AvgIpc) is 4.34. The molecular weight excluding hydrogens is 1040 g/mol. The molecule has 4 amide bonds. The van der Waals surface area contributed by atoms with Crippen LogP contribution in [0, 0.1) is 23.7 Å². The number of nitriles is 1. The minimum Gasteiger partial charge on any atom is -0.457 e. The molecule has 7 aromatic rings. The van der Waals surface area contributed by atoms with Crippen LogP contribution in [0.1, 0.15) is 69.4 Å². The van der Waals surface area contributed by atoms with Crippen LogP contribution in [-0.4, -0.2) is 136 Å². The second kappa shape index (κ2) is 25.5. The maximum absolute atomic E-state index is 14.0. The van der Waals surface area contributed by atoms with Gasteiger partial charge in [-0.25, -0.2) is 29.1 Å². The Hall–Kier alpha value is -8.59. The Kier molecular flexibility index (Phi) is 17.9. The first-order valence-corrected chi connectivity index (χ1v) is 27.4. The number of carbonyl (C=O) groups is 4. The van der Waals surface area contributed by atoms with Crippen molar-refractivity contribution >= 4 is 52.0 Å². The number of nitrogens with one attached hydrogen (secondary N) is 2. The Balaban J connectivity index is 0.702. The zero-order valence-corrected chi connectivity index (χ0v) is 45.8. The van der Waals surface area contributed by atoms with Crippen LogP contribution in [0.15, 0.2) is 109 Å². The highest BCUT2D eigenvalue weighted by Gasteiger charge is 2.45. The van der Waals surface area contributed by atoms with Gasteiger partial charge in [-0.15, -0.1) is 16.4 Å². The van der Waals surface area contributed by atoms with Gasteiger partial charge in [0, 0.05) is 44.4 Å². The molecule has 0 saturated carbocycles. The largest absolute Gasteiger partial charge is 0.457 e. The molecule has 0 spiro atoms. The molecule has 416 valence electrons. The van der Waals surface area contributed by atoms with Crippen LogP contribution in [0.4, 0.5) is 10.6 Å². The number of nitrogens with zero attached hydrogens (tertiary/aromatic N) is 11. The molecule has 6 heterocycles. The molecular formula is C57H64N14O8S. The van der Waals surface area contributed by atoms with Crippen molar-refractivity contribution in [3.8, 4) is 39.3 Å². The summed E-state index contributed by atoms with van der Waals surface area (Å²) in [6.45, 7) is 8.85. The molecule has 0 aliphatic carbocycles. The molecule has 80 heavy (non-hydrogen) atoms. The quantitative estimate of drug-likeness (QED) is 0.0356. The monoisotopic (exact) mass is 1100 g/mol. The van der Waals surface area contributed by atoms with Gasteiger partial charge < -0.3 is 45.5 Å². The number of likely N-dealkylation sites (tertiary alicyclic amines) is 2. The molecule has 22 nitrogen and oxygen atoms in total. The topological polar surface area (TPSA) is 284 Å². The number of amides is 4. The minimum absolute atomic E-state index is 0.0373. The normalized spacial score (nSPS) is 17.0. The van der Waals surface area contributed by atoms with Crippen LogP contribution in [0.3, 0.4) is 0 Å². The molecule has 2 saturated heterocycles. The Morgan fingerprint density at radius 2 is 1.73 bits per heavy atom. The van der Waals surface area contributed by atoms with E-state index < -0.39 is 41.5 Å². The molecule has 23 heteroatoms. The first-order chi connectivity index (χ1) is 38.6. The summed E-state index contributed by atoms with van der Waals surface area (Å²) in [6, 6.07) is 24.7. The average molecular weight is 1110 g/mol. The van der Waals surface area contributed by atoms with E-state index in [0.29, 0.717) is 72.9 Å². The number of hydrogen-bond acceptors (Lipinski definition) is 17. The number of β-amino-alcohol motifs (C(OH)–C–C–N with tert-alkyl or cyclic N) is 1. The van der Waals surface area contributed by atoms with Crippen LogP contribution in [0.5, 0.6) is 11.5 Å². The maximum atomic E-state index is 14.0. The number of rotatable bonds is 20. The van der Waals surface area contributed by atoms with E-state index in [1.165, 1.54) is 11.2 Å². The minimum atomic E-state index is -1.06. The first-order valence-electron chi connectivity index (χ1n) is 26.5. The van der Waals surface area contributed by atoms with Gasteiger partial charge in [-0.05, 0) is 85.5 Å². The zero-order chi connectivity index (χ0) is 56.3. The van der Waals surface area contributed by atoms with Crippen molar-refractivity contribution in [1.82, 2.24) is 60.2 Å². The highest BCUT2D eigenvalue weighted by molar-refractivity contribution is 7.13. The molecule has 0 bridgehead atoms. The lowest BCUT2D eigenvalue weighted by Crippen LogP contribution is -2.57. The van der Waals surface area contributed by atoms with E-state index in [1.54, 1.807) is 59.5 Å². The number of para-hydroxylation sites is 1. The third kappa shape index (κ3) is 13.6. The van der Waals surface area contributed by atoms with Gasteiger partial charge in [0.05, 0.1) is 59.1 Å². The summed E-state index contributed by atoms with van der Waals surface area (Å²) >= 11 is 1.56. The Morgan fingerprint density at radius 3 is 2.46 bits per heavy atom. The van der Waals surface area contributed by atoms with Crippen LogP contribution in [-0.2, 0) is 43.4 Å². The Bertz CT molecular complexity index is 3370. The number of hydrogen-bond donors (Lipinski definition) is 4. The third-order valence-electron chi connectivity index (χ3n) is 13.9. The summed E-state index contributed by atoms with van der Waals surface area (Å²) in [5.74, 6) is 0.402. The number of allylic oxidation sites excluding steroid dienone is 1. The molecule has 5 N–H and O–H groups in total. The fraction of sp³-hybridized carbons (Fsp3) is 0.386. The number of carbonyl (C=O) groups excluding carboxylic acids is 4. The predicted molar refractivity (Wildman–Crippen MR) is 297 cm³/mol. The van der Waals surface area contributed by atoms with E-state index in [1.807, 2.05) is 90.5 Å². The summed E-state index contributed by atoms with van der Waals surface area (Å²) in [5.41, 5.74) is 13.0. The second-order valence-corrected chi connectivity index (χ2v) is 21.6. The summed E-state index contributed by atoms with van der Waals surface area (Å²) in [6.07, 6.45) is 5.35. The van der Waals surface area contributed by atoms with E-state index in [0.717, 1.165) is 39.4 Å². The van der Waals surface area contributed by atoms with Crippen molar-refractivity contribution in [1.29, 1.82) is 5.26 Å². The lowest BCUT2D eigenvalue weighted by Gasteiger charge is -2.35. The molecule has 4 aromatic heterocycles. The number of ether oxygens (including phenoxy) is 3. The Labute approximate surface area is 466 Å². The van der Waals surface area contributed by atoms with Gasteiger partial charge in [-0.3, -0.25) is 14.4 Å². The van der Waals surface area contributed by atoms with E-state index in [4.69, 9.17) is 25.0 Å². The fourth-order valence-corrected chi connectivity index (χ4v) is 10.6. The van der Waals surface area contributed by atoms with Gasteiger partial charge in [-0.2, -0.15) is 10.4 Å². The van der Waals surface area contributed by atoms with Crippen LogP contribution >= 0.6 is 11.3 Å². The number of aromatic nitrogens is 8. The predicted octanol–water partition coefficient (Wildman–Crippen LogP) is 6.57. The standard InChI is InChI=1S/C57H64N14O8S/c1-36-49(80-35-63-36)39-17-15-37(16-18-39)30-60-53(73)46-28-43(72)33-70(46)55(75)50(57(2,3)4)64-56(76)78-27-26-77-25-24-69-31-41(65-67-69)11-8-10-40(29-58)54(74)68-23-9-12-42(32-68)71-52-47(51(59)61-34-62-52)48(66-71)38-19-21-45(22-20-38)79-44-13-6-5-7-14-44/h5-7,10,13-22,31,34-35,42-43,46,50,72H,8-9,11-12,23-28,30,32-33H2,1-4H3,(H,60,73)(H,64,76)(H2,59,61,62). The van der Waals surface area contributed by atoms with Gasteiger partial charge in [0.1, 0.15) is 59.7 Å². The lowest BCUT2D eigenvalue weighted by atomic mass is 9.85. The first kappa shape index (κ1) is 56.1. The molecule has 2 aliphatic heterocycles. The molecule has 2 aliphatic rings. The summed E-state index contributed by atoms with van der Waals surface area (Å²) in [4.78, 5) is 71.6. The molecule has 4 atom stereocenters. The van der Waals surface area contributed by atoms with E-state index in [9.17, 15) is 29.5 Å². The maximum Gasteiger partial charge on any atom is 0.407 e. The number of fused-ring (bicyclic) bond motifs is 1. The third-order valence-corrected chi connectivity index (χ3v) is 14.9. The molecule has 9 rings (SSSR count). The van der Waals surface area contributed by atoms with Gasteiger partial charge in [0.2, 0.25) is 11.8 Å². The zero-order valence-electron chi connectivity index (χ0n) is 45.0. The van der Waals surface area contributed by atoms with Crippen molar-refractivity contribution < 1.29 is 38.5 Å². The highest BCUT2D eigenvalue weighted by atomic mass is 32.1. The molecule has 2 fully saturated rings. The number of anilines is 1. The van der Waals surface area contributed by atoms with E-state index >= 15 is 0 Å².